The Balaban J connectivity index is 1.55. The fourth-order valence-corrected chi connectivity index (χ4v) is 4.44. The van der Waals surface area contributed by atoms with Crippen molar-refractivity contribution in [1.29, 1.82) is 0 Å². The van der Waals surface area contributed by atoms with E-state index in [1.165, 1.54) is 0 Å². The number of morpholine rings is 1. The average Bonchev–Trinajstić information content (AvgIpc) is 2.80. The summed E-state index contributed by atoms with van der Waals surface area (Å²) in [7, 11) is 0. The van der Waals surface area contributed by atoms with Gasteiger partial charge in [0.2, 0.25) is 0 Å². The van der Waals surface area contributed by atoms with Gasteiger partial charge in [-0.3, -0.25) is 10.1 Å². The maximum Gasteiger partial charge on any atom is 0.257 e. The Hall–Kier alpha value is -3.33. The summed E-state index contributed by atoms with van der Waals surface area (Å²) in [5.41, 5.74) is 1.29. The molecule has 0 amide bonds. The lowest BCUT2D eigenvalue weighted by Crippen LogP contribution is -2.37. The van der Waals surface area contributed by atoms with Crippen LogP contribution < -0.4 is 9.64 Å². The average molecular weight is 444 g/mol. The Kier molecular flexibility index (Phi) is 5.13. The van der Waals surface area contributed by atoms with Gasteiger partial charge in [-0.25, -0.2) is 13.2 Å². The zero-order valence-electron chi connectivity index (χ0n) is 16.9. The third-order valence-electron chi connectivity index (χ3n) is 6.08. The first kappa shape index (κ1) is 20.6. The maximum atomic E-state index is 14.4. The van der Waals surface area contributed by atoms with Gasteiger partial charge in [0.1, 0.15) is 11.6 Å². The second-order valence-corrected chi connectivity index (χ2v) is 7.93. The summed E-state index contributed by atoms with van der Waals surface area (Å²) in [4.78, 5) is 13.5. The van der Waals surface area contributed by atoms with E-state index in [9.17, 15) is 23.3 Å². The fourth-order valence-electron chi connectivity index (χ4n) is 4.44. The molecule has 5 rings (SSSR count). The normalized spacial score (nSPS) is 20.7. The molecule has 3 aromatic carbocycles. The number of rotatable bonds is 3. The van der Waals surface area contributed by atoms with Crippen LogP contribution in [0.1, 0.15) is 17.2 Å². The van der Waals surface area contributed by atoms with Crippen molar-refractivity contribution < 1.29 is 27.6 Å². The minimum Gasteiger partial charge on any atom is -0.478 e. The van der Waals surface area contributed by atoms with E-state index >= 15 is 0 Å². The first-order chi connectivity index (χ1) is 15.4. The minimum atomic E-state index is -1.38. The summed E-state index contributed by atoms with van der Waals surface area (Å²) in [6.45, 7) is 2.87. The monoisotopic (exact) mass is 444 g/mol. The Morgan fingerprint density at radius 1 is 0.969 bits per heavy atom. The van der Waals surface area contributed by atoms with Gasteiger partial charge in [0.15, 0.2) is 17.7 Å². The van der Waals surface area contributed by atoms with Crippen molar-refractivity contribution in [2.24, 2.45) is 0 Å². The fraction of sp³-hybridized carbons (Fsp3) is 0.304. The van der Waals surface area contributed by atoms with Crippen LogP contribution in [0.15, 0.2) is 42.5 Å². The zero-order valence-corrected chi connectivity index (χ0v) is 16.9. The van der Waals surface area contributed by atoms with Crippen molar-refractivity contribution in [1.82, 2.24) is 0 Å². The molecule has 166 valence electrons. The number of nitro groups is 1. The van der Waals surface area contributed by atoms with Crippen molar-refractivity contribution >= 4 is 16.5 Å². The number of fused-ring (bicyclic) bond motifs is 3. The zero-order chi connectivity index (χ0) is 22.4. The molecule has 0 radical (unpaired) electrons. The Labute approximate surface area is 181 Å². The SMILES string of the molecule is O=[N+]([O-])C1Cc2c(ccc3cc(N4CCOCC4)ccc23)OC1c1cc(F)c(F)cc1F. The van der Waals surface area contributed by atoms with E-state index in [0.29, 0.717) is 36.7 Å². The molecule has 0 aliphatic carbocycles. The Morgan fingerprint density at radius 3 is 2.47 bits per heavy atom. The van der Waals surface area contributed by atoms with Crippen molar-refractivity contribution in [2.75, 3.05) is 31.2 Å². The Morgan fingerprint density at radius 2 is 1.72 bits per heavy atom. The third kappa shape index (κ3) is 3.52. The topological polar surface area (TPSA) is 64.8 Å². The highest BCUT2D eigenvalue weighted by Crippen LogP contribution is 2.41. The molecule has 32 heavy (non-hydrogen) atoms. The molecule has 2 aliphatic heterocycles. The standard InChI is InChI=1S/C23H19F3N2O4/c24-18-12-20(26)19(25)10-17(18)23-21(28(29)30)11-16-15-3-2-14(27-5-7-31-8-6-27)9-13(15)1-4-22(16)32-23/h1-4,9-10,12,21,23H,5-8,11H2. The minimum absolute atomic E-state index is 0.0281. The van der Waals surface area contributed by atoms with Crippen LogP contribution in [-0.4, -0.2) is 37.3 Å². The molecule has 0 spiro atoms. The summed E-state index contributed by atoms with van der Waals surface area (Å²) in [5, 5.41) is 13.5. The lowest BCUT2D eigenvalue weighted by Gasteiger charge is -2.31. The van der Waals surface area contributed by atoms with Crippen molar-refractivity contribution in [3.05, 3.63) is 81.2 Å². The van der Waals surface area contributed by atoms with Gasteiger partial charge in [-0.15, -0.1) is 0 Å². The van der Waals surface area contributed by atoms with Crippen LogP contribution in [0.25, 0.3) is 10.8 Å². The summed E-state index contributed by atoms with van der Waals surface area (Å²) in [5.74, 6) is -3.36. The van der Waals surface area contributed by atoms with Crippen molar-refractivity contribution in [3.8, 4) is 5.75 Å². The number of hydrogen-bond acceptors (Lipinski definition) is 5. The third-order valence-corrected chi connectivity index (χ3v) is 6.08. The highest BCUT2D eigenvalue weighted by molar-refractivity contribution is 5.90. The number of anilines is 1. The lowest BCUT2D eigenvalue weighted by molar-refractivity contribution is -0.535. The molecule has 0 N–H and O–H groups in total. The van der Waals surface area contributed by atoms with E-state index in [2.05, 4.69) is 4.90 Å². The summed E-state index contributed by atoms with van der Waals surface area (Å²) in [6.07, 6.45) is -1.41. The lowest BCUT2D eigenvalue weighted by atomic mass is 9.89. The van der Waals surface area contributed by atoms with E-state index in [-0.39, 0.29) is 12.0 Å². The first-order valence-corrected chi connectivity index (χ1v) is 10.3. The van der Waals surface area contributed by atoms with Crippen molar-refractivity contribution in [2.45, 2.75) is 18.6 Å². The van der Waals surface area contributed by atoms with Gasteiger partial charge in [0, 0.05) is 47.3 Å². The predicted octanol–water partition coefficient (Wildman–Crippen LogP) is 4.42. The number of ether oxygens (including phenoxy) is 2. The molecule has 0 aromatic heterocycles. The molecule has 0 saturated carbocycles. The summed E-state index contributed by atoms with van der Waals surface area (Å²) in [6, 6.07) is 9.05. The smallest absolute Gasteiger partial charge is 0.257 e. The van der Waals surface area contributed by atoms with Crippen LogP contribution in [0.5, 0.6) is 5.75 Å². The maximum absolute atomic E-state index is 14.4. The molecule has 6 nitrogen and oxygen atoms in total. The number of hydrogen-bond donors (Lipinski definition) is 0. The largest absolute Gasteiger partial charge is 0.478 e. The van der Waals surface area contributed by atoms with Gasteiger partial charge < -0.3 is 14.4 Å². The molecule has 1 saturated heterocycles. The molecule has 2 atom stereocenters. The van der Waals surface area contributed by atoms with Crippen LogP contribution in [-0.2, 0) is 11.2 Å². The van der Waals surface area contributed by atoms with E-state index < -0.39 is 34.5 Å². The summed E-state index contributed by atoms with van der Waals surface area (Å²) >= 11 is 0. The van der Waals surface area contributed by atoms with Gasteiger partial charge in [-0.2, -0.15) is 0 Å². The molecular weight excluding hydrogens is 425 g/mol. The van der Waals surface area contributed by atoms with Crippen LogP contribution in [0.4, 0.5) is 18.9 Å². The molecule has 2 unspecified atom stereocenters. The highest BCUT2D eigenvalue weighted by Gasteiger charge is 2.42. The van der Waals surface area contributed by atoms with Crippen LogP contribution in [0.3, 0.4) is 0 Å². The second kappa shape index (κ2) is 7.98. The molecule has 2 heterocycles. The van der Waals surface area contributed by atoms with Gasteiger partial charge in [-0.05, 0) is 35.0 Å². The van der Waals surface area contributed by atoms with Gasteiger partial charge in [0.05, 0.1) is 13.2 Å². The van der Waals surface area contributed by atoms with Gasteiger partial charge >= 0.3 is 0 Å². The van der Waals surface area contributed by atoms with E-state index in [0.717, 1.165) is 29.5 Å². The molecule has 1 fully saturated rings. The number of nitrogens with zero attached hydrogens (tertiary/aromatic N) is 2. The predicted molar refractivity (Wildman–Crippen MR) is 111 cm³/mol. The van der Waals surface area contributed by atoms with E-state index in [1.807, 2.05) is 24.3 Å². The molecule has 0 bridgehead atoms. The Bertz CT molecular complexity index is 1210. The number of halogens is 3. The highest BCUT2D eigenvalue weighted by atomic mass is 19.2. The second-order valence-electron chi connectivity index (χ2n) is 7.93. The summed E-state index contributed by atoms with van der Waals surface area (Å²) < 4.78 is 52.7. The first-order valence-electron chi connectivity index (χ1n) is 10.3. The van der Waals surface area contributed by atoms with Crippen LogP contribution >= 0.6 is 0 Å². The van der Waals surface area contributed by atoms with Gasteiger partial charge in [0.25, 0.3) is 6.04 Å². The van der Waals surface area contributed by atoms with E-state index in [4.69, 9.17) is 9.47 Å². The molecule has 2 aliphatic rings. The molecular formula is C23H19F3N2O4. The van der Waals surface area contributed by atoms with Crippen LogP contribution in [0.2, 0.25) is 0 Å². The molecule has 3 aromatic rings. The molecule has 9 heteroatoms. The number of benzene rings is 3. The van der Waals surface area contributed by atoms with Gasteiger partial charge in [-0.1, -0.05) is 12.1 Å². The quantitative estimate of drug-likeness (QED) is 0.340. The van der Waals surface area contributed by atoms with Crippen LogP contribution in [0, 0.1) is 27.6 Å². The van der Waals surface area contributed by atoms with E-state index in [1.54, 1.807) is 6.07 Å². The van der Waals surface area contributed by atoms with Crippen molar-refractivity contribution in [3.63, 3.8) is 0 Å².